The number of nitrogens with zero attached hydrogens (tertiary/aromatic N) is 1. The van der Waals surface area contributed by atoms with Gasteiger partial charge in [-0.3, -0.25) is 4.79 Å². The lowest BCUT2D eigenvalue weighted by atomic mass is 9.81. The Morgan fingerprint density at radius 1 is 1.06 bits per heavy atom. The third-order valence-electron chi connectivity index (χ3n) is 6.64. The highest BCUT2D eigenvalue weighted by Crippen LogP contribution is 2.43. The largest absolute Gasteiger partial charge is 0.372 e. The molecule has 0 saturated carbocycles. The summed E-state index contributed by atoms with van der Waals surface area (Å²) in [5.41, 5.74) is 4.66. The Balaban J connectivity index is 1.39. The maximum atomic E-state index is 11.6. The van der Waals surface area contributed by atoms with E-state index in [1.165, 1.54) is 34.8 Å². The number of benzene rings is 2. The first-order valence-corrected chi connectivity index (χ1v) is 12.8. The van der Waals surface area contributed by atoms with Crippen molar-refractivity contribution in [3.63, 3.8) is 0 Å². The summed E-state index contributed by atoms with van der Waals surface area (Å²) in [4.78, 5) is 12.8. The van der Waals surface area contributed by atoms with Crippen molar-refractivity contribution < 1.29 is 4.79 Å². The third kappa shape index (κ3) is 4.80. The van der Waals surface area contributed by atoms with Crippen molar-refractivity contribution in [3.8, 4) is 5.69 Å². The van der Waals surface area contributed by atoms with E-state index < -0.39 is 0 Å². The summed E-state index contributed by atoms with van der Waals surface area (Å²) in [6.45, 7) is 6.29. The fourth-order valence-corrected chi connectivity index (χ4v) is 5.99. The summed E-state index contributed by atoms with van der Waals surface area (Å²) < 4.78 is 2.38. The van der Waals surface area contributed by atoms with E-state index in [1.54, 1.807) is 6.92 Å². The van der Waals surface area contributed by atoms with Crippen molar-refractivity contribution in [1.29, 1.82) is 0 Å². The molecule has 0 amide bonds. The first-order chi connectivity index (χ1) is 15.5. The van der Waals surface area contributed by atoms with Gasteiger partial charge >= 0.3 is 0 Å². The number of carbonyl (C=O) groups excluding carboxylic acids is 1. The van der Waals surface area contributed by atoms with Crippen LogP contribution in [0.2, 0.25) is 0 Å². The minimum Gasteiger partial charge on any atom is -0.372 e. The lowest BCUT2D eigenvalue weighted by molar-refractivity contribution is 0.101. The first kappa shape index (κ1) is 22.7. The SMILES string of the molecule is CCCC1(CCC(C)CCSc2cccc(C(C)=O)c2)Nc2ccccc2-n2cccc21. The van der Waals surface area contributed by atoms with Crippen molar-refractivity contribution in [2.75, 3.05) is 11.1 Å². The van der Waals surface area contributed by atoms with E-state index in [2.05, 4.69) is 72.4 Å². The Morgan fingerprint density at radius 2 is 1.91 bits per heavy atom. The molecule has 168 valence electrons. The quantitative estimate of drug-likeness (QED) is 0.256. The molecule has 2 atom stereocenters. The summed E-state index contributed by atoms with van der Waals surface area (Å²) in [6, 6.07) is 21.1. The minimum atomic E-state index is -0.0101. The van der Waals surface area contributed by atoms with E-state index >= 15 is 0 Å². The molecule has 0 fully saturated rings. The molecule has 4 rings (SSSR count). The van der Waals surface area contributed by atoms with E-state index in [9.17, 15) is 4.79 Å². The Bertz CT molecular complexity index is 1070. The number of hydrogen-bond acceptors (Lipinski definition) is 3. The molecule has 1 aliphatic rings. The second kappa shape index (κ2) is 9.99. The van der Waals surface area contributed by atoms with Crippen LogP contribution >= 0.6 is 11.8 Å². The maximum Gasteiger partial charge on any atom is 0.159 e. The summed E-state index contributed by atoms with van der Waals surface area (Å²) in [6.07, 6.45) is 7.98. The van der Waals surface area contributed by atoms with Gasteiger partial charge in [0.25, 0.3) is 0 Å². The number of hydrogen-bond donors (Lipinski definition) is 1. The molecule has 0 saturated heterocycles. The van der Waals surface area contributed by atoms with Gasteiger partial charge in [0.1, 0.15) is 0 Å². The molecule has 1 N–H and O–H groups in total. The van der Waals surface area contributed by atoms with Crippen LogP contribution in [-0.4, -0.2) is 16.1 Å². The van der Waals surface area contributed by atoms with Gasteiger partial charge in [-0.25, -0.2) is 0 Å². The second-order valence-corrected chi connectivity index (χ2v) is 10.3. The Hall–Kier alpha value is -2.46. The number of carbonyl (C=O) groups is 1. The van der Waals surface area contributed by atoms with Crippen molar-refractivity contribution in [1.82, 2.24) is 4.57 Å². The molecular weight excluding hydrogens is 412 g/mol. The van der Waals surface area contributed by atoms with E-state index in [-0.39, 0.29) is 11.3 Å². The molecule has 2 unspecified atom stereocenters. The zero-order valence-electron chi connectivity index (χ0n) is 19.4. The van der Waals surface area contributed by atoms with E-state index in [0.29, 0.717) is 5.92 Å². The second-order valence-electron chi connectivity index (χ2n) is 9.10. The highest BCUT2D eigenvalue weighted by atomic mass is 32.2. The molecule has 2 aromatic carbocycles. The fourth-order valence-electron chi connectivity index (χ4n) is 4.85. The van der Waals surface area contributed by atoms with Crippen molar-refractivity contribution in [2.24, 2.45) is 5.92 Å². The average Bonchev–Trinajstić information content (AvgIpc) is 3.30. The van der Waals surface area contributed by atoms with Gasteiger partial charge in [-0.15, -0.1) is 11.8 Å². The number of aromatic nitrogens is 1. The van der Waals surface area contributed by atoms with Crippen LogP contribution < -0.4 is 5.32 Å². The summed E-state index contributed by atoms with van der Waals surface area (Å²) in [5.74, 6) is 1.86. The molecule has 1 aromatic heterocycles. The van der Waals surface area contributed by atoms with Crippen LogP contribution in [0.3, 0.4) is 0 Å². The van der Waals surface area contributed by atoms with Crippen LogP contribution in [0.15, 0.2) is 71.8 Å². The molecular formula is C28H34N2OS. The van der Waals surface area contributed by atoms with Crippen LogP contribution in [0.25, 0.3) is 5.69 Å². The summed E-state index contributed by atoms with van der Waals surface area (Å²) in [7, 11) is 0. The van der Waals surface area contributed by atoms with Gasteiger partial charge in [-0.05, 0) is 80.7 Å². The number of ketones is 1. The van der Waals surface area contributed by atoms with Crippen molar-refractivity contribution in [2.45, 2.75) is 63.3 Å². The van der Waals surface area contributed by atoms with Gasteiger partial charge in [0.05, 0.1) is 16.9 Å². The molecule has 4 heteroatoms. The smallest absolute Gasteiger partial charge is 0.159 e. The van der Waals surface area contributed by atoms with Gasteiger partial charge in [0, 0.05) is 22.3 Å². The topological polar surface area (TPSA) is 34.0 Å². The number of Topliss-reactive ketones (excluding diaryl/α,β-unsaturated/α-hetero) is 1. The lowest BCUT2D eigenvalue weighted by Gasteiger charge is -2.42. The van der Waals surface area contributed by atoms with Crippen LogP contribution in [0.5, 0.6) is 0 Å². The van der Waals surface area contributed by atoms with Gasteiger partial charge in [0.2, 0.25) is 0 Å². The predicted molar refractivity (Wildman–Crippen MR) is 136 cm³/mol. The molecule has 0 aliphatic carbocycles. The highest BCUT2D eigenvalue weighted by Gasteiger charge is 2.37. The highest BCUT2D eigenvalue weighted by molar-refractivity contribution is 7.99. The molecule has 0 radical (unpaired) electrons. The molecule has 32 heavy (non-hydrogen) atoms. The molecule has 0 bridgehead atoms. The van der Waals surface area contributed by atoms with E-state index in [4.69, 9.17) is 0 Å². The fraction of sp³-hybridized carbons (Fsp3) is 0.393. The predicted octanol–water partition coefficient (Wildman–Crippen LogP) is 7.70. The average molecular weight is 447 g/mol. The van der Waals surface area contributed by atoms with Gasteiger partial charge in [-0.2, -0.15) is 0 Å². The maximum absolute atomic E-state index is 11.6. The van der Waals surface area contributed by atoms with Crippen molar-refractivity contribution in [3.05, 3.63) is 78.1 Å². The molecule has 2 heterocycles. The van der Waals surface area contributed by atoms with Crippen LogP contribution in [0.1, 0.15) is 68.9 Å². The number of nitrogens with one attached hydrogen (secondary N) is 1. The number of thioether (sulfide) groups is 1. The van der Waals surface area contributed by atoms with Gasteiger partial charge in [-0.1, -0.05) is 44.5 Å². The van der Waals surface area contributed by atoms with E-state index in [1.807, 2.05) is 30.0 Å². The van der Waals surface area contributed by atoms with Crippen molar-refractivity contribution >= 4 is 23.2 Å². The van der Waals surface area contributed by atoms with E-state index in [0.717, 1.165) is 30.6 Å². The Kier molecular flexibility index (Phi) is 7.10. The van der Waals surface area contributed by atoms with Gasteiger partial charge in [0.15, 0.2) is 5.78 Å². The number of para-hydroxylation sites is 2. The lowest BCUT2D eigenvalue weighted by Crippen LogP contribution is -2.40. The number of fused-ring (bicyclic) bond motifs is 3. The molecule has 0 spiro atoms. The van der Waals surface area contributed by atoms with Crippen LogP contribution in [0.4, 0.5) is 5.69 Å². The Labute approximate surface area is 196 Å². The zero-order valence-corrected chi connectivity index (χ0v) is 20.3. The molecule has 1 aliphatic heterocycles. The van der Waals surface area contributed by atoms with Crippen LogP contribution in [0, 0.1) is 5.92 Å². The third-order valence-corrected chi connectivity index (χ3v) is 7.66. The molecule has 3 aromatic rings. The summed E-state index contributed by atoms with van der Waals surface area (Å²) >= 11 is 1.86. The van der Waals surface area contributed by atoms with Crippen LogP contribution in [-0.2, 0) is 5.54 Å². The first-order valence-electron chi connectivity index (χ1n) is 11.8. The minimum absolute atomic E-state index is 0.0101. The van der Waals surface area contributed by atoms with Gasteiger partial charge < -0.3 is 9.88 Å². The standard InChI is InChI=1S/C28H34N2OS/c1-4-16-28(27-13-8-18-30(27)26-12-6-5-11-25(26)29-28)17-14-21(2)15-19-32-24-10-7-9-23(20-24)22(3)31/h5-13,18,20-21,29H,4,14-17,19H2,1-3H3. The number of anilines is 1. The number of rotatable bonds is 10. The zero-order chi connectivity index (χ0) is 22.6. The summed E-state index contributed by atoms with van der Waals surface area (Å²) in [5, 5.41) is 3.95. The molecule has 3 nitrogen and oxygen atoms in total. The Morgan fingerprint density at radius 3 is 2.72 bits per heavy atom. The monoisotopic (exact) mass is 446 g/mol. The normalized spacial score (nSPS) is 17.8.